The van der Waals surface area contributed by atoms with Gasteiger partial charge in [0.15, 0.2) is 11.2 Å². The van der Waals surface area contributed by atoms with Crippen LogP contribution in [0.3, 0.4) is 0 Å². The molecule has 3 aromatic rings. The molecule has 156 valence electrons. The molecule has 0 aliphatic rings. The van der Waals surface area contributed by atoms with Gasteiger partial charge in [0.1, 0.15) is 18.5 Å². The number of aliphatic hydroxyl groups excluding tert-OH is 1. The van der Waals surface area contributed by atoms with Crippen LogP contribution < -0.4 is 26.2 Å². The molecule has 1 aromatic carbocycles. The second-order valence-corrected chi connectivity index (χ2v) is 7.20. The molecule has 0 unspecified atom stereocenters. The number of H-pyrrole nitrogens is 1. The third-order valence-corrected chi connectivity index (χ3v) is 4.49. The summed E-state index contributed by atoms with van der Waals surface area (Å²) < 4.78 is 8.48. The van der Waals surface area contributed by atoms with Gasteiger partial charge in [0.05, 0.1) is 33.7 Å². The number of benzene rings is 1. The highest BCUT2D eigenvalue weighted by atomic mass is 16.5. The largest absolute Gasteiger partial charge is 0.491 e. The fraction of sp³-hybridized carbons (Fsp3) is 0.421. The van der Waals surface area contributed by atoms with Crippen molar-refractivity contribution in [3.8, 4) is 5.75 Å². The van der Waals surface area contributed by atoms with E-state index in [1.165, 1.54) is 9.47 Å². The molecule has 4 N–H and O–H groups in total. The number of aromatic nitrogens is 4. The number of nitrogens with zero attached hydrogens (tertiary/aromatic N) is 3. The summed E-state index contributed by atoms with van der Waals surface area (Å²) in [5, 5.41) is 13.7. The maximum atomic E-state index is 12.5. The quantitative estimate of drug-likeness (QED) is 0.343. The summed E-state index contributed by atoms with van der Waals surface area (Å²) in [5.74, 6) is 1.07. The molecule has 10 nitrogen and oxygen atoms in total. The number of imidazole rings is 1. The Kier molecular flexibility index (Phi) is 6.35. The molecular formula is C19H27N6O4+. The summed E-state index contributed by atoms with van der Waals surface area (Å²) in [6, 6.07) is 9.18. The number of rotatable bonds is 9. The summed E-state index contributed by atoms with van der Waals surface area (Å²) in [6.45, 7) is 1.59. The summed E-state index contributed by atoms with van der Waals surface area (Å²) in [5.41, 5.74) is -0.595. The standard InChI is InChI=1S/C19H26N6O4/c1-23(2)10-9-20-18-21-16-15(17(27)22-19(28)24(16)3)25(18)11-13(26)12-29-14-7-5-4-6-8-14/h4-8,13,26H,9-12H2,1-3H3,(H,20,21)(H,22,27,28)/p+1/t13-/m1/s1. The van der Waals surface area contributed by atoms with Gasteiger partial charge >= 0.3 is 5.69 Å². The molecule has 0 aliphatic carbocycles. The number of ether oxygens (including phenoxy) is 1. The van der Waals surface area contributed by atoms with Crippen LogP contribution in [0.25, 0.3) is 11.2 Å². The maximum Gasteiger partial charge on any atom is 0.329 e. The van der Waals surface area contributed by atoms with Gasteiger partial charge < -0.3 is 24.6 Å². The van der Waals surface area contributed by atoms with Gasteiger partial charge in [-0.2, -0.15) is 4.98 Å². The van der Waals surface area contributed by atoms with Crippen molar-refractivity contribution in [2.24, 2.45) is 7.05 Å². The predicted molar refractivity (Wildman–Crippen MR) is 110 cm³/mol. The lowest BCUT2D eigenvalue weighted by molar-refractivity contribution is -0.856. The molecule has 2 aromatic heterocycles. The van der Waals surface area contributed by atoms with Crippen molar-refractivity contribution in [1.82, 2.24) is 19.1 Å². The summed E-state index contributed by atoms with van der Waals surface area (Å²) >= 11 is 0. The second-order valence-electron chi connectivity index (χ2n) is 7.20. The Morgan fingerprint density at radius 2 is 2.00 bits per heavy atom. The van der Waals surface area contributed by atoms with Crippen LogP contribution in [0.5, 0.6) is 5.75 Å². The number of fused-ring (bicyclic) bond motifs is 1. The Bertz CT molecular complexity index is 1070. The normalized spacial score (nSPS) is 12.4. The Hall–Kier alpha value is -3.11. The minimum atomic E-state index is -0.885. The minimum Gasteiger partial charge on any atom is -0.491 e. The van der Waals surface area contributed by atoms with Crippen LogP contribution >= 0.6 is 0 Å². The number of para-hydroxylation sites is 1. The molecule has 29 heavy (non-hydrogen) atoms. The molecular weight excluding hydrogens is 376 g/mol. The van der Waals surface area contributed by atoms with Crippen molar-refractivity contribution in [2.45, 2.75) is 12.6 Å². The molecule has 0 fully saturated rings. The highest BCUT2D eigenvalue weighted by molar-refractivity contribution is 5.74. The van der Waals surface area contributed by atoms with E-state index in [4.69, 9.17) is 4.74 Å². The zero-order valence-corrected chi connectivity index (χ0v) is 16.8. The number of aliphatic hydroxyl groups is 1. The van der Waals surface area contributed by atoms with Crippen molar-refractivity contribution >= 4 is 17.1 Å². The lowest BCUT2D eigenvalue weighted by Gasteiger charge is -2.16. The monoisotopic (exact) mass is 403 g/mol. The van der Waals surface area contributed by atoms with Gasteiger partial charge in [-0.1, -0.05) is 18.2 Å². The van der Waals surface area contributed by atoms with E-state index in [0.717, 1.165) is 6.54 Å². The molecule has 0 radical (unpaired) electrons. The van der Waals surface area contributed by atoms with Gasteiger partial charge in [0.25, 0.3) is 5.56 Å². The van der Waals surface area contributed by atoms with E-state index in [0.29, 0.717) is 18.2 Å². The van der Waals surface area contributed by atoms with E-state index in [2.05, 4.69) is 15.3 Å². The third-order valence-electron chi connectivity index (χ3n) is 4.49. The van der Waals surface area contributed by atoms with Crippen LogP contribution in [-0.2, 0) is 13.6 Å². The molecule has 0 aliphatic heterocycles. The summed E-state index contributed by atoms with van der Waals surface area (Å²) in [4.78, 5) is 32.4. The predicted octanol–water partition coefficient (Wildman–Crippen LogP) is -1.58. The number of aryl methyl sites for hydroxylation is 1. The van der Waals surface area contributed by atoms with Crippen molar-refractivity contribution in [2.75, 3.05) is 39.1 Å². The number of likely N-dealkylation sites (N-methyl/N-ethyl adjacent to an activating group) is 1. The third kappa shape index (κ3) is 4.84. The highest BCUT2D eigenvalue weighted by Crippen LogP contribution is 2.16. The zero-order chi connectivity index (χ0) is 21.0. The van der Waals surface area contributed by atoms with E-state index in [9.17, 15) is 14.7 Å². The first kappa shape index (κ1) is 20.6. The number of hydrogen-bond donors (Lipinski definition) is 4. The summed E-state index contributed by atoms with van der Waals surface area (Å²) in [6.07, 6.45) is -0.885. The van der Waals surface area contributed by atoms with Gasteiger partial charge in [-0.3, -0.25) is 14.3 Å². The molecule has 0 amide bonds. The maximum absolute atomic E-state index is 12.5. The first-order chi connectivity index (χ1) is 13.9. The topological polar surface area (TPSA) is 119 Å². The Morgan fingerprint density at radius 3 is 2.69 bits per heavy atom. The highest BCUT2D eigenvalue weighted by Gasteiger charge is 2.20. The fourth-order valence-corrected chi connectivity index (χ4v) is 2.94. The molecule has 1 atom stereocenters. The van der Waals surface area contributed by atoms with Gasteiger partial charge in [-0.15, -0.1) is 0 Å². The van der Waals surface area contributed by atoms with Crippen LogP contribution in [0.15, 0.2) is 39.9 Å². The van der Waals surface area contributed by atoms with E-state index in [1.807, 2.05) is 32.3 Å². The van der Waals surface area contributed by atoms with Crippen molar-refractivity contribution in [1.29, 1.82) is 0 Å². The van der Waals surface area contributed by atoms with Gasteiger partial charge in [-0.25, -0.2) is 4.79 Å². The van der Waals surface area contributed by atoms with Crippen molar-refractivity contribution < 1.29 is 14.7 Å². The van der Waals surface area contributed by atoms with Gasteiger partial charge in [0, 0.05) is 7.05 Å². The van der Waals surface area contributed by atoms with Crippen molar-refractivity contribution in [3.63, 3.8) is 0 Å². The SMILES string of the molecule is Cn1c(=O)[nH]c(=O)c2c1nc(NCC[NH+](C)C)n2C[C@@H](O)COc1ccccc1. The molecule has 2 heterocycles. The van der Waals surface area contributed by atoms with E-state index in [-0.39, 0.29) is 24.3 Å². The molecule has 0 saturated heterocycles. The first-order valence-electron chi connectivity index (χ1n) is 9.45. The molecule has 3 rings (SSSR count). The van der Waals surface area contributed by atoms with Crippen LogP contribution in [-0.4, -0.2) is 64.1 Å². The van der Waals surface area contributed by atoms with E-state index in [1.54, 1.807) is 23.7 Å². The fourth-order valence-electron chi connectivity index (χ4n) is 2.94. The zero-order valence-electron chi connectivity index (χ0n) is 16.8. The minimum absolute atomic E-state index is 0.0502. The number of anilines is 1. The van der Waals surface area contributed by atoms with Crippen LogP contribution in [0, 0.1) is 0 Å². The lowest BCUT2D eigenvalue weighted by atomic mass is 10.3. The molecule has 10 heteroatoms. The average molecular weight is 403 g/mol. The smallest absolute Gasteiger partial charge is 0.329 e. The molecule has 0 spiro atoms. The van der Waals surface area contributed by atoms with E-state index < -0.39 is 17.4 Å². The number of hydrogen-bond acceptors (Lipinski definition) is 6. The Balaban J connectivity index is 1.87. The average Bonchev–Trinajstić information content (AvgIpc) is 3.04. The Labute approximate surface area is 167 Å². The number of nitrogens with one attached hydrogen (secondary N) is 3. The summed E-state index contributed by atoms with van der Waals surface area (Å²) in [7, 11) is 5.61. The van der Waals surface area contributed by atoms with Crippen LogP contribution in [0.1, 0.15) is 0 Å². The van der Waals surface area contributed by atoms with Crippen molar-refractivity contribution in [3.05, 3.63) is 51.2 Å². The van der Waals surface area contributed by atoms with Crippen LogP contribution in [0.4, 0.5) is 5.95 Å². The second kappa shape index (κ2) is 8.93. The van der Waals surface area contributed by atoms with E-state index >= 15 is 0 Å². The Morgan fingerprint density at radius 1 is 1.28 bits per heavy atom. The first-order valence-corrected chi connectivity index (χ1v) is 9.45. The lowest BCUT2D eigenvalue weighted by Crippen LogP contribution is -3.06. The molecule has 0 bridgehead atoms. The number of quaternary nitrogens is 1. The molecule has 0 saturated carbocycles. The van der Waals surface area contributed by atoms with Gasteiger partial charge in [0.2, 0.25) is 5.95 Å². The van der Waals surface area contributed by atoms with Gasteiger partial charge in [-0.05, 0) is 12.1 Å². The number of aromatic amines is 1. The van der Waals surface area contributed by atoms with Crippen LogP contribution in [0.2, 0.25) is 0 Å².